The third kappa shape index (κ3) is 9.13. The van der Waals surface area contributed by atoms with Crippen molar-refractivity contribution < 1.29 is 9.53 Å². The predicted octanol–water partition coefficient (Wildman–Crippen LogP) is 1.06. The number of nitrogens with one attached hydrogen (secondary N) is 2. The number of amides is 1. The number of halogens is 1. The van der Waals surface area contributed by atoms with Gasteiger partial charge in [-0.2, -0.15) is 0 Å². The molecule has 1 heterocycles. The predicted molar refractivity (Wildman–Crippen MR) is 96.2 cm³/mol. The summed E-state index contributed by atoms with van der Waals surface area (Å²) in [6.45, 7) is 6.84. The van der Waals surface area contributed by atoms with Crippen LogP contribution in [-0.4, -0.2) is 63.2 Å². The maximum absolute atomic E-state index is 11.6. The quantitative estimate of drug-likeness (QED) is 0.389. The van der Waals surface area contributed by atoms with Crippen LogP contribution in [0.3, 0.4) is 0 Å². The highest BCUT2D eigenvalue weighted by Gasteiger charge is 2.15. The largest absolute Gasteiger partial charge is 0.376 e. The molecule has 0 aromatic carbocycles. The third-order valence-corrected chi connectivity index (χ3v) is 3.07. The van der Waals surface area contributed by atoms with Gasteiger partial charge in [0.1, 0.15) is 6.54 Å². The summed E-state index contributed by atoms with van der Waals surface area (Å²) in [6, 6.07) is 0. The van der Waals surface area contributed by atoms with Gasteiger partial charge in [0.15, 0.2) is 5.96 Å². The van der Waals surface area contributed by atoms with Gasteiger partial charge in [-0.1, -0.05) is 13.8 Å². The Morgan fingerprint density at radius 1 is 1.38 bits per heavy atom. The topological polar surface area (TPSA) is 66.0 Å². The van der Waals surface area contributed by atoms with E-state index in [0.29, 0.717) is 11.9 Å². The minimum Gasteiger partial charge on any atom is -0.376 e. The van der Waals surface area contributed by atoms with Crippen molar-refractivity contribution in [3.05, 3.63) is 0 Å². The third-order valence-electron chi connectivity index (χ3n) is 3.07. The summed E-state index contributed by atoms with van der Waals surface area (Å²) >= 11 is 0. The molecule has 6 nitrogen and oxygen atoms in total. The number of rotatable bonds is 6. The normalized spacial score (nSPS) is 18.3. The number of nitrogens with zero attached hydrogens (tertiary/aromatic N) is 2. The SMILES string of the molecule is CC(C)CNC(=NCC(=O)N(C)C)NCC1CCCO1.I. The Labute approximate surface area is 145 Å². The first-order chi connectivity index (χ1) is 9.49. The number of guanidine groups is 1. The van der Waals surface area contributed by atoms with Gasteiger partial charge in [-0.25, -0.2) is 4.99 Å². The lowest BCUT2D eigenvalue weighted by atomic mass is 10.2. The summed E-state index contributed by atoms with van der Waals surface area (Å²) in [4.78, 5) is 17.5. The van der Waals surface area contributed by atoms with E-state index >= 15 is 0 Å². The number of carbonyl (C=O) groups is 1. The minimum absolute atomic E-state index is 0. The van der Waals surface area contributed by atoms with Crippen molar-refractivity contribution in [3.63, 3.8) is 0 Å². The highest BCUT2D eigenvalue weighted by molar-refractivity contribution is 14.0. The monoisotopic (exact) mass is 412 g/mol. The van der Waals surface area contributed by atoms with Crippen LogP contribution in [0, 0.1) is 5.92 Å². The Morgan fingerprint density at radius 3 is 2.62 bits per heavy atom. The van der Waals surface area contributed by atoms with E-state index in [-0.39, 0.29) is 42.5 Å². The van der Waals surface area contributed by atoms with Crippen LogP contribution in [0.2, 0.25) is 0 Å². The summed E-state index contributed by atoms with van der Waals surface area (Å²) in [7, 11) is 3.47. The van der Waals surface area contributed by atoms with Crippen molar-refractivity contribution in [1.82, 2.24) is 15.5 Å². The second-order valence-electron chi connectivity index (χ2n) is 5.74. The number of likely N-dealkylation sites (N-methyl/N-ethyl adjacent to an activating group) is 1. The van der Waals surface area contributed by atoms with E-state index in [1.54, 1.807) is 19.0 Å². The van der Waals surface area contributed by atoms with E-state index in [4.69, 9.17) is 4.74 Å². The fourth-order valence-corrected chi connectivity index (χ4v) is 1.78. The van der Waals surface area contributed by atoms with Crippen LogP contribution in [0.4, 0.5) is 0 Å². The smallest absolute Gasteiger partial charge is 0.243 e. The average molecular weight is 412 g/mol. The van der Waals surface area contributed by atoms with Crippen molar-refractivity contribution in [2.24, 2.45) is 10.9 Å². The second-order valence-corrected chi connectivity index (χ2v) is 5.74. The molecule has 1 atom stereocenters. The van der Waals surface area contributed by atoms with E-state index in [1.807, 2.05) is 0 Å². The van der Waals surface area contributed by atoms with Gasteiger partial charge in [0, 0.05) is 33.8 Å². The van der Waals surface area contributed by atoms with Crippen molar-refractivity contribution in [1.29, 1.82) is 0 Å². The van der Waals surface area contributed by atoms with Crippen LogP contribution < -0.4 is 10.6 Å². The van der Waals surface area contributed by atoms with Crippen molar-refractivity contribution in [2.75, 3.05) is 40.3 Å². The lowest BCUT2D eigenvalue weighted by molar-refractivity contribution is -0.127. The Hall–Kier alpha value is -0.570. The first-order valence-corrected chi connectivity index (χ1v) is 7.33. The molecule has 2 N–H and O–H groups in total. The number of ether oxygens (including phenoxy) is 1. The Morgan fingerprint density at radius 2 is 2.10 bits per heavy atom. The molecule has 7 heteroatoms. The molecule has 1 aliphatic heterocycles. The molecule has 1 unspecified atom stereocenters. The molecule has 0 aromatic rings. The fourth-order valence-electron chi connectivity index (χ4n) is 1.78. The number of carbonyl (C=O) groups excluding carboxylic acids is 1. The summed E-state index contributed by atoms with van der Waals surface area (Å²) in [5.41, 5.74) is 0. The summed E-state index contributed by atoms with van der Waals surface area (Å²) in [5.74, 6) is 1.20. The van der Waals surface area contributed by atoms with Gasteiger partial charge in [-0.15, -0.1) is 24.0 Å². The van der Waals surface area contributed by atoms with E-state index in [2.05, 4.69) is 29.5 Å². The van der Waals surface area contributed by atoms with Gasteiger partial charge in [0.25, 0.3) is 0 Å². The minimum atomic E-state index is -0.00670. The maximum atomic E-state index is 11.6. The van der Waals surface area contributed by atoms with Gasteiger partial charge in [0.2, 0.25) is 5.91 Å². The van der Waals surface area contributed by atoms with Crippen LogP contribution >= 0.6 is 24.0 Å². The molecule has 1 rings (SSSR count). The summed E-state index contributed by atoms with van der Waals surface area (Å²) in [5, 5.41) is 6.50. The molecule has 21 heavy (non-hydrogen) atoms. The van der Waals surface area contributed by atoms with Crippen LogP contribution in [0.15, 0.2) is 4.99 Å². The number of hydrogen-bond donors (Lipinski definition) is 2. The maximum Gasteiger partial charge on any atom is 0.243 e. The van der Waals surface area contributed by atoms with Crippen LogP contribution in [0.5, 0.6) is 0 Å². The van der Waals surface area contributed by atoms with E-state index < -0.39 is 0 Å². The number of aliphatic imine (C=N–C) groups is 1. The van der Waals surface area contributed by atoms with Crippen molar-refractivity contribution in [3.8, 4) is 0 Å². The molecule has 1 amide bonds. The Balaban J connectivity index is 0.00000400. The first-order valence-electron chi connectivity index (χ1n) is 7.33. The zero-order chi connectivity index (χ0) is 15.0. The van der Waals surface area contributed by atoms with Crippen LogP contribution in [-0.2, 0) is 9.53 Å². The molecule has 0 radical (unpaired) electrons. The van der Waals surface area contributed by atoms with Gasteiger partial charge < -0.3 is 20.3 Å². The molecule has 124 valence electrons. The fraction of sp³-hybridized carbons (Fsp3) is 0.857. The summed E-state index contributed by atoms with van der Waals surface area (Å²) < 4.78 is 5.57. The lowest BCUT2D eigenvalue weighted by Crippen LogP contribution is -2.43. The molecule has 0 aliphatic carbocycles. The molecular formula is C14H29IN4O2. The molecule has 1 saturated heterocycles. The highest BCUT2D eigenvalue weighted by Crippen LogP contribution is 2.10. The zero-order valence-electron chi connectivity index (χ0n) is 13.5. The van der Waals surface area contributed by atoms with Gasteiger partial charge in [-0.05, 0) is 18.8 Å². The Bertz CT molecular complexity index is 329. The second kappa shape index (κ2) is 11.1. The highest BCUT2D eigenvalue weighted by atomic mass is 127. The van der Waals surface area contributed by atoms with E-state index in [0.717, 1.165) is 32.5 Å². The molecule has 1 fully saturated rings. The Kier molecular flexibility index (Phi) is 10.8. The molecule has 0 spiro atoms. The van der Waals surface area contributed by atoms with Gasteiger partial charge >= 0.3 is 0 Å². The van der Waals surface area contributed by atoms with Gasteiger partial charge in [-0.3, -0.25) is 4.79 Å². The molecule has 1 aliphatic rings. The lowest BCUT2D eigenvalue weighted by Gasteiger charge is -2.17. The van der Waals surface area contributed by atoms with Gasteiger partial charge in [0.05, 0.1) is 6.10 Å². The van der Waals surface area contributed by atoms with E-state index in [9.17, 15) is 4.79 Å². The van der Waals surface area contributed by atoms with Crippen molar-refractivity contribution in [2.45, 2.75) is 32.8 Å². The molecule has 0 bridgehead atoms. The summed E-state index contributed by atoms with van der Waals surface area (Å²) in [6.07, 6.45) is 2.46. The van der Waals surface area contributed by atoms with Crippen molar-refractivity contribution >= 4 is 35.8 Å². The first kappa shape index (κ1) is 20.4. The number of hydrogen-bond acceptors (Lipinski definition) is 3. The van der Waals surface area contributed by atoms with Crippen LogP contribution in [0.25, 0.3) is 0 Å². The molecule has 0 aromatic heterocycles. The molecule has 0 saturated carbocycles. The van der Waals surface area contributed by atoms with E-state index in [1.165, 1.54) is 0 Å². The zero-order valence-corrected chi connectivity index (χ0v) is 15.8. The standard InChI is InChI=1S/C14H28N4O2.HI/c1-11(2)8-15-14(17-10-13(19)18(3)4)16-9-12-6-5-7-20-12;/h11-12H,5-10H2,1-4H3,(H2,15,16,17);1H. The molecular weight excluding hydrogens is 383 g/mol. The average Bonchev–Trinajstić information content (AvgIpc) is 2.90. The van der Waals surface area contributed by atoms with Crippen LogP contribution in [0.1, 0.15) is 26.7 Å².